The Kier molecular flexibility index (Phi) is 3.19. The van der Waals surface area contributed by atoms with Crippen molar-refractivity contribution >= 4 is 19.2 Å². The van der Waals surface area contributed by atoms with E-state index in [-0.39, 0.29) is 5.69 Å². The third-order valence-electron chi connectivity index (χ3n) is 2.75. The second-order valence-electron chi connectivity index (χ2n) is 4.02. The van der Waals surface area contributed by atoms with Crippen molar-refractivity contribution in [1.29, 1.82) is 0 Å². The monoisotopic (exact) mass is 286 g/mol. The summed E-state index contributed by atoms with van der Waals surface area (Å²) in [6.07, 6.45) is 2.07. The number of fused-ring (bicyclic) bond motifs is 1. The Bertz CT molecular complexity index is 677. The number of imidazole rings is 1. The van der Waals surface area contributed by atoms with E-state index in [0.29, 0.717) is 5.65 Å². The number of aromatic nitrogens is 2. The largest absolute Gasteiger partial charge is 0.479 e. The van der Waals surface area contributed by atoms with Crippen LogP contribution < -0.4 is 0 Å². The fraction of sp³-hybridized carbons (Fsp3) is 0.200. The van der Waals surface area contributed by atoms with Crippen molar-refractivity contribution in [3.63, 3.8) is 0 Å². The molecule has 0 spiro atoms. The Morgan fingerprint density at radius 3 is 2.68 bits per heavy atom. The van der Waals surface area contributed by atoms with Crippen molar-refractivity contribution in [2.45, 2.75) is 11.8 Å². The molecule has 0 radical (unpaired) electrons. The highest BCUT2D eigenvalue weighted by Gasteiger charge is 2.53. The second kappa shape index (κ2) is 4.43. The first-order valence-electron chi connectivity index (χ1n) is 5.18. The quantitative estimate of drug-likeness (QED) is 0.573. The Morgan fingerprint density at radius 2 is 2.11 bits per heavy atom. The lowest BCUT2D eigenvalue weighted by Crippen LogP contribution is -2.40. The molecule has 0 aliphatic heterocycles. The molecule has 0 aliphatic carbocycles. The van der Waals surface area contributed by atoms with Crippen LogP contribution in [-0.4, -0.2) is 40.7 Å². The van der Waals surface area contributed by atoms with E-state index in [1.54, 1.807) is 24.4 Å². The van der Waals surface area contributed by atoms with Gasteiger partial charge in [0.2, 0.25) is 0 Å². The summed E-state index contributed by atoms with van der Waals surface area (Å²) in [5.74, 6) is -1.98. The minimum Gasteiger partial charge on any atom is -0.479 e. The van der Waals surface area contributed by atoms with Gasteiger partial charge in [0, 0.05) is 24.5 Å². The number of aliphatic carboxylic acids is 1. The third kappa shape index (κ3) is 2.26. The van der Waals surface area contributed by atoms with Crippen LogP contribution in [0.1, 0.15) is 5.69 Å². The predicted octanol–water partition coefficient (Wildman–Crippen LogP) is -0.172. The standard InChI is InChI=1S/C10H11N2O6P/c13-9(14)10(15,19(16,17)18)5-7-6-11-8-3-1-2-4-12(7)8/h1-4,6,15H,5H2,(H,13,14)(H2,16,17,18). The van der Waals surface area contributed by atoms with Crippen LogP contribution >= 0.6 is 7.60 Å². The first-order valence-corrected chi connectivity index (χ1v) is 6.79. The van der Waals surface area contributed by atoms with Gasteiger partial charge in [-0.25, -0.2) is 9.78 Å². The Morgan fingerprint density at radius 1 is 1.42 bits per heavy atom. The van der Waals surface area contributed by atoms with Crippen molar-refractivity contribution in [2.24, 2.45) is 0 Å². The molecule has 0 bridgehead atoms. The number of aliphatic hydroxyl groups is 1. The van der Waals surface area contributed by atoms with Crippen LogP contribution in [0.4, 0.5) is 0 Å². The summed E-state index contributed by atoms with van der Waals surface area (Å²) >= 11 is 0. The first kappa shape index (κ1) is 13.7. The van der Waals surface area contributed by atoms with Crippen molar-refractivity contribution in [3.8, 4) is 0 Å². The van der Waals surface area contributed by atoms with Crippen LogP contribution in [0.3, 0.4) is 0 Å². The van der Waals surface area contributed by atoms with Gasteiger partial charge in [-0.1, -0.05) is 6.07 Å². The number of nitrogens with zero attached hydrogens (tertiary/aromatic N) is 2. The van der Waals surface area contributed by atoms with Gasteiger partial charge < -0.3 is 24.4 Å². The molecule has 0 aliphatic rings. The van der Waals surface area contributed by atoms with Gasteiger partial charge in [-0.15, -0.1) is 0 Å². The number of hydrogen-bond donors (Lipinski definition) is 4. The zero-order valence-corrected chi connectivity index (χ0v) is 10.4. The minimum absolute atomic E-state index is 0.184. The summed E-state index contributed by atoms with van der Waals surface area (Å²) in [5.41, 5.74) is 0.666. The molecule has 1 unspecified atom stereocenters. The van der Waals surface area contributed by atoms with Gasteiger partial charge in [0.15, 0.2) is 0 Å². The van der Waals surface area contributed by atoms with E-state index in [1.807, 2.05) is 0 Å². The Hall–Kier alpha value is -1.73. The van der Waals surface area contributed by atoms with Gasteiger partial charge >= 0.3 is 13.6 Å². The van der Waals surface area contributed by atoms with Gasteiger partial charge in [0.1, 0.15) is 5.65 Å². The summed E-state index contributed by atoms with van der Waals surface area (Å²) in [4.78, 5) is 33.0. The minimum atomic E-state index is -5.25. The fourth-order valence-electron chi connectivity index (χ4n) is 1.67. The Balaban J connectivity index is 2.49. The van der Waals surface area contributed by atoms with Crippen LogP contribution in [0.25, 0.3) is 5.65 Å². The highest BCUT2D eigenvalue weighted by atomic mass is 31.2. The smallest absolute Gasteiger partial charge is 0.368 e. The van der Waals surface area contributed by atoms with Crippen molar-refractivity contribution < 1.29 is 29.4 Å². The molecular formula is C10H11N2O6P. The van der Waals surface area contributed by atoms with Gasteiger partial charge in [-0.2, -0.15) is 0 Å². The van der Waals surface area contributed by atoms with E-state index in [2.05, 4.69) is 4.98 Å². The molecule has 8 nitrogen and oxygen atoms in total. The molecule has 2 aromatic heterocycles. The molecule has 102 valence electrons. The molecule has 2 heterocycles. The maximum absolute atomic E-state index is 11.2. The van der Waals surface area contributed by atoms with Crippen molar-refractivity contribution in [2.75, 3.05) is 0 Å². The third-order valence-corrected chi connectivity index (χ3v) is 4.06. The fourth-order valence-corrected chi connectivity index (χ4v) is 2.29. The summed E-state index contributed by atoms with van der Waals surface area (Å²) in [5, 5.41) is 15.5. The van der Waals surface area contributed by atoms with Crippen molar-refractivity contribution in [3.05, 3.63) is 36.3 Å². The van der Waals surface area contributed by atoms with Crippen LogP contribution in [0, 0.1) is 0 Å². The van der Waals surface area contributed by atoms with Gasteiger partial charge in [-0.3, -0.25) is 4.57 Å². The number of pyridine rings is 1. The van der Waals surface area contributed by atoms with Crippen LogP contribution in [-0.2, 0) is 15.8 Å². The molecule has 0 fully saturated rings. The maximum Gasteiger partial charge on any atom is 0.368 e. The molecule has 2 aromatic rings. The van der Waals surface area contributed by atoms with E-state index in [1.165, 1.54) is 10.6 Å². The number of carboxylic acids is 1. The molecule has 2 rings (SSSR count). The molecule has 0 saturated carbocycles. The summed E-state index contributed by atoms with van der Waals surface area (Å²) < 4.78 is 12.6. The molecule has 9 heteroatoms. The number of carbonyl (C=O) groups is 1. The average Bonchev–Trinajstić information content (AvgIpc) is 2.71. The summed E-state index contributed by atoms with van der Waals surface area (Å²) in [7, 11) is -5.25. The molecular weight excluding hydrogens is 275 g/mol. The molecule has 0 aromatic carbocycles. The van der Waals surface area contributed by atoms with Gasteiger partial charge in [0.05, 0.1) is 0 Å². The van der Waals surface area contributed by atoms with E-state index in [9.17, 15) is 14.5 Å². The SMILES string of the molecule is O=C(O)C(O)(Cc1cnc2ccccn12)P(=O)(O)O. The van der Waals surface area contributed by atoms with Gasteiger partial charge in [0.25, 0.3) is 5.34 Å². The number of hydrogen-bond acceptors (Lipinski definition) is 4. The highest BCUT2D eigenvalue weighted by molar-refractivity contribution is 7.54. The number of rotatable bonds is 4. The average molecular weight is 286 g/mol. The highest BCUT2D eigenvalue weighted by Crippen LogP contribution is 2.50. The summed E-state index contributed by atoms with van der Waals surface area (Å²) in [6, 6.07) is 4.99. The van der Waals surface area contributed by atoms with E-state index in [4.69, 9.17) is 14.9 Å². The molecule has 19 heavy (non-hydrogen) atoms. The lowest BCUT2D eigenvalue weighted by molar-refractivity contribution is -0.151. The lowest BCUT2D eigenvalue weighted by atomic mass is 10.2. The molecule has 0 amide bonds. The van der Waals surface area contributed by atoms with Crippen LogP contribution in [0.15, 0.2) is 30.6 Å². The lowest BCUT2D eigenvalue weighted by Gasteiger charge is -2.23. The normalized spacial score (nSPS) is 15.3. The molecule has 1 atom stereocenters. The topological polar surface area (TPSA) is 132 Å². The first-order chi connectivity index (χ1) is 8.75. The second-order valence-corrected chi connectivity index (χ2v) is 5.85. The Labute approximate surface area is 107 Å². The van der Waals surface area contributed by atoms with E-state index in [0.717, 1.165) is 0 Å². The zero-order valence-electron chi connectivity index (χ0n) is 9.54. The predicted molar refractivity (Wildman–Crippen MR) is 63.5 cm³/mol. The van der Waals surface area contributed by atoms with E-state index >= 15 is 0 Å². The molecule has 4 N–H and O–H groups in total. The number of carboxylic acid groups (broad SMARTS) is 1. The van der Waals surface area contributed by atoms with Crippen molar-refractivity contribution in [1.82, 2.24) is 9.38 Å². The van der Waals surface area contributed by atoms with Gasteiger partial charge in [-0.05, 0) is 12.1 Å². The zero-order chi connectivity index (χ0) is 14.3. The van der Waals surface area contributed by atoms with Crippen LogP contribution in [0.2, 0.25) is 0 Å². The molecule has 0 saturated heterocycles. The summed E-state index contributed by atoms with van der Waals surface area (Å²) in [6.45, 7) is 0. The maximum atomic E-state index is 11.2. The van der Waals surface area contributed by atoms with E-state index < -0.39 is 25.3 Å². The van der Waals surface area contributed by atoms with Crippen LogP contribution in [0.5, 0.6) is 0 Å².